The lowest BCUT2D eigenvalue weighted by Gasteiger charge is -2.16. The molecular formula is C51H34N4. The van der Waals surface area contributed by atoms with E-state index in [1.165, 1.54) is 22.8 Å². The number of hydrogen-bond acceptors (Lipinski definition) is 3. The van der Waals surface area contributed by atoms with Gasteiger partial charge in [-0.15, -0.1) is 0 Å². The molecule has 2 heterocycles. The van der Waals surface area contributed by atoms with Crippen LogP contribution in [0.25, 0.3) is 95.0 Å². The molecular weight excluding hydrogens is 669 g/mol. The van der Waals surface area contributed by atoms with Gasteiger partial charge in [0.1, 0.15) is 0 Å². The summed E-state index contributed by atoms with van der Waals surface area (Å²) in [5, 5.41) is -0.595. The summed E-state index contributed by atoms with van der Waals surface area (Å²) >= 11 is 0. The van der Waals surface area contributed by atoms with E-state index in [1.54, 1.807) is 30.3 Å². The Morgan fingerprint density at radius 3 is 1.67 bits per heavy atom. The van der Waals surface area contributed by atoms with Crippen molar-refractivity contribution >= 4 is 21.8 Å². The molecule has 0 atom stereocenters. The van der Waals surface area contributed by atoms with E-state index in [0.717, 1.165) is 11.1 Å². The van der Waals surface area contributed by atoms with E-state index in [1.807, 2.05) is 54.6 Å². The summed E-state index contributed by atoms with van der Waals surface area (Å²) in [4.78, 5) is 14.9. The molecule has 4 heteroatoms. The summed E-state index contributed by atoms with van der Waals surface area (Å²) in [5.41, 5.74) is 1.09. The van der Waals surface area contributed by atoms with E-state index < -0.39 is 114 Å². The summed E-state index contributed by atoms with van der Waals surface area (Å²) in [6.45, 7) is 0. The molecule has 10 aromatic rings. The number of benzene rings is 8. The van der Waals surface area contributed by atoms with Crippen LogP contribution in [0.15, 0.2) is 206 Å². The van der Waals surface area contributed by atoms with E-state index >= 15 is 0 Å². The monoisotopic (exact) mass is 719 g/mol. The largest absolute Gasteiger partial charge is 0.309 e. The molecule has 55 heavy (non-hydrogen) atoms. The fraction of sp³-hybridized carbons (Fsp3) is 0. The van der Waals surface area contributed by atoms with Gasteiger partial charge in [0.2, 0.25) is 0 Å². The van der Waals surface area contributed by atoms with Gasteiger partial charge >= 0.3 is 0 Å². The molecule has 0 spiro atoms. The molecule has 0 amide bonds. The highest BCUT2D eigenvalue weighted by Crippen LogP contribution is 2.39. The van der Waals surface area contributed by atoms with Gasteiger partial charge in [-0.25, -0.2) is 15.0 Å². The first-order chi connectivity index (χ1) is 34.3. The van der Waals surface area contributed by atoms with Crippen LogP contribution in [0.4, 0.5) is 0 Å². The van der Waals surface area contributed by atoms with Crippen molar-refractivity contribution in [1.82, 2.24) is 19.5 Å². The van der Waals surface area contributed by atoms with Crippen molar-refractivity contribution in [2.24, 2.45) is 0 Å². The molecule has 0 N–H and O–H groups in total. The van der Waals surface area contributed by atoms with Gasteiger partial charge in [-0.3, -0.25) is 0 Å². The highest BCUT2D eigenvalue weighted by molar-refractivity contribution is 6.11. The molecule has 2 aromatic heterocycles. The van der Waals surface area contributed by atoms with Crippen molar-refractivity contribution in [1.29, 1.82) is 0 Å². The number of hydrogen-bond donors (Lipinski definition) is 0. The quantitative estimate of drug-likeness (QED) is 0.165. The van der Waals surface area contributed by atoms with Crippen LogP contribution in [0.1, 0.15) is 23.3 Å². The average molecular weight is 720 g/mol. The number of rotatable bonds is 7. The Balaban J connectivity index is 1.38. The molecule has 0 radical (unpaired) electrons. The van der Waals surface area contributed by atoms with Gasteiger partial charge in [0.25, 0.3) is 0 Å². The molecule has 8 aromatic carbocycles. The first kappa shape index (κ1) is 19.1. The Labute approximate surface area is 343 Å². The van der Waals surface area contributed by atoms with Gasteiger partial charge in [-0.1, -0.05) is 170 Å². The van der Waals surface area contributed by atoms with Crippen LogP contribution < -0.4 is 0 Å². The van der Waals surface area contributed by atoms with E-state index in [4.69, 9.17) is 31.4 Å². The number of nitrogens with zero attached hydrogens (tertiary/aromatic N) is 4. The molecule has 4 nitrogen and oxygen atoms in total. The Morgan fingerprint density at radius 2 is 0.927 bits per heavy atom. The highest BCUT2D eigenvalue weighted by Gasteiger charge is 2.21. The minimum absolute atomic E-state index is 0.00629. The molecule has 10 rings (SSSR count). The molecule has 0 aliphatic heterocycles. The second-order valence-electron chi connectivity index (χ2n) is 12.4. The predicted octanol–water partition coefficient (Wildman–Crippen LogP) is 13.0. The highest BCUT2D eigenvalue weighted by atomic mass is 15.1. The van der Waals surface area contributed by atoms with Crippen molar-refractivity contribution < 1.29 is 23.3 Å². The molecule has 258 valence electrons. The third-order valence-corrected chi connectivity index (χ3v) is 9.07. The Kier molecular flexibility index (Phi) is 4.80. The van der Waals surface area contributed by atoms with E-state index in [2.05, 4.69) is 0 Å². The summed E-state index contributed by atoms with van der Waals surface area (Å²) in [5.74, 6) is 0.269. The van der Waals surface area contributed by atoms with Crippen molar-refractivity contribution in [3.63, 3.8) is 0 Å². The van der Waals surface area contributed by atoms with Gasteiger partial charge in [0, 0.05) is 27.5 Å². The van der Waals surface area contributed by atoms with Crippen LogP contribution in [0.3, 0.4) is 0 Å². The van der Waals surface area contributed by atoms with Gasteiger partial charge in [0.15, 0.2) is 17.5 Å². The first-order valence-corrected chi connectivity index (χ1v) is 17.1. The van der Waals surface area contributed by atoms with Gasteiger partial charge in [0.05, 0.1) is 40.0 Å². The van der Waals surface area contributed by atoms with Crippen LogP contribution in [-0.2, 0) is 0 Å². The van der Waals surface area contributed by atoms with E-state index in [-0.39, 0.29) is 61.7 Å². The van der Waals surface area contributed by atoms with E-state index in [0.29, 0.717) is 11.1 Å². The molecule has 0 aliphatic rings. The topological polar surface area (TPSA) is 43.6 Å². The number of para-hydroxylation sites is 1. The Bertz CT molecular complexity index is 3900. The van der Waals surface area contributed by atoms with Gasteiger partial charge < -0.3 is 4.57 Å². The average Bonchev–Trinajstić information content (AvgIpc) is 3.77. The molecule has 0 fully saturated rings. The Morgan fingerprint density at radius 1 is 0.364 bits per heavy atom. The summed E-state index contributed by atoms with van der Waals surface area (Å²) in [6.07, 6.45) is 0. The van der Waals surface area contributed by atoms with Crippen LogP contribution in [0, 0.1) is 0 Å². The molecule has 0 aliphatic carbocycles. The third kappa shape index (κ3) is 6.06. The van der Waals surface area contributed by atoms with Crippen molar-refractivity contribution in [2.75, 3.05) is 0 Å². The molecule has 0 unspecified atom stereocenters. The van der Waals surface area contributed by atoms with Crippen molar-refractivity contribution in [3.05, 3.63) is 206 Å². The van der Waals surface area contributed by atoms with Crippen LogP contribution in [0.5, 0.6) is 0 Å². The lowest BCUT2D eigenvalue weighted by molar-refractivity contribution is 1.06. The van der Waals surface area contributed by atoms with Crippen LogP contribution in [0.2, 0.25) is 0 Å². The Hall–Kier alpha value is -7.43. The second-order valence-corrected chi connectivity index (χ2v) is 12.4. The third-order valence-electron chi connectivity index (χ3n) is 9.07. The zero-order chi connectivity index (χ0) is 51.3. The maximum atomic E-state index is 9.72. The van der Waals surface area contributed by atoms with Gasteiger partial charge in [-0.2, -0.15) is 0 Å². The zero-order valence-electron chi connectivity index (χ0n) is 45.6. The maximum Gasteiger partial charge on any atom is 0.166 e. The lowest BCUT2D eigenvalue weighted by atomic mass is 10.0. The lowest BCUT2D eigenvalue weighted by Crippen LogP contribution is -2.04. The maximum absolute atomic E-state index is 9.72. The summed E-state index contributed by atoms with van der Waals surface area (Å²) < 4.78 is 152. The first-order valence-electron chi connectivity index (χ1n) is 25.6. The van der Waals surface area contributed by atoms with Crippen molar-refractivity contribution in [3.8, 4) is 73.2 Å². The SMILES string of the molecule is [2H]c1c([2H])c([2H])c(-c2ccc(-n3c4c([2H])c([2H])c([2H])c([2H])c4c4c([2H])c(-c5c([2H])c([2H])c([2H])c([2H])c5[2H])c([2H])c([2H])c43)c(-c3nc(-c4ccccc4)nc(-c4cccc(-c5ccccc5)c4)n3)c2)c([2H])c1[2H]. The minimum atomic E-state index is -0.761. The minimum Gasteiger partial charge on any atom is -0.309 e. The van der Waals surface area contributed by atoms with E-state index in [9.17, 15) is 6.85 Å². The number of fused-ring (bicyclic) bond motifs is 3. The van der Waals surface area contributed by atoms with Crippen LogP contribution in [-0.4, -0.2) is 19.5 Å². The zero-order valence-corrected chi connectivity index (χ0v) is 28.6. The molecule has 0 saturated heterocycles. The van der Waals surface area contributed by atoms with Crippen LogP contribution >= 0.6 is 0 Å². The normalized spacial score (nSPS) is 15.6. The molecule has 0 bridgehead atoms. The summed E-state index contributed by atoms with van der Waals surface area (Å²) in [6, 6.07) is 18.9. The van der Waals surface area contributed by atoms with Gasteiger partial charge in [-0.05, 0) is 69.7 Å². The fourth-order valence-corrected chi connectivity index (χ4v) is 6.53. The smallest absolute Gasteiger partial charge is 0.166 e. The molecule has 0 saturated carbocycles. The standard InChI is InChI=1S/C51H34N4/c1-5-16-35(17-6-1)39-24-15-25-42(32-39)50-52-49(38-22-11-4-12-23-38)53-51(54-50)45-34-41(37-20-9-3-10-21-37)29-31-48(45)55-46-27-14-13-26-43(46)44-33-40(28-30-47(44)55)36-18-7-2-8-19-36/h1-34H/i2D,3D,7D,8D,9D,10D,13D,14D,18D,19D,20D,21D,26D,27D,28D,30D,33D. The predicted molar refractivity (Wildman–Crippen MR) is 227 cm³/mol. The number of aromatic nitrogens is 4. The van der Waals surface area contributed by atoms with Crippen molar-refractivity contribution in [2.45, 2.75) is 0 Å². The second kappa shape index (κ2) is 13.8. The fourth-order valence-electron chi connectivity index (χ4n) is 6.53. The summed E-state index contributed by atoms with van der Waals surface area (Å²) in [7, 11) is 0.